The predicted molar refractivity (Wildman–Crippen MR) is 76.7 cm³/mol. The molecule has 1 N–H and O–H groups in total. The number of hydrogen-bond acceptors (Lipinski definition) is 2. The summed E-state index contributed by atoms with van der Waals surface area (Å²) >= 11 is 3.22. The molecule has 5 heteroatoms. The molecule has 1 aromatic carbocycles. The van der Waals surface area contributed by atoms with Gasteiger partial charge < -0.3 is 5.32 Å². The Balaban J connectivity index is 1.98. The van der Waals surface area contributed by atoms with Gasteiger partial charge in [0.2, 0.25) is 0 Å². The van der Waals surface area contributed by atoms with E-state index in [1.807, 2.05) is 0 Å². The lowest BCUT2D eigenvalue weighted by molar-refractivity contribution is 0.0936. The van der Waals surface area contributed by atoms with Gasteiger partial charge in [0.15, 0.2) is 0 Å². The number of benzene rings is 1. The summed E-state index contributed by atoms with van der Waals surface area (Å²) in [5, 5.41) is 2.84. The summed E-state index contributed by atoms with van der Waals surface area (Å²) in [6.07, 6.45) is 2.25. The highest BCUT2D eigenvalue weighted by molar-refractivity contribution is 9.10. The molecule has 2 rings (SSSR count). The second-order valence-electron chi connectivity index (χ2n) is 4.73. The van der Waals surface area contributed by atoms with E-state index >= 15 is 0 Å². The van der Waals surface area contributed by atoms with Crippen LogP contribution in [-0.2, 0) is 0 Å². The van der Waals surface area contributed by atoms with Gasteiger partial charge in [-0.15, -0.1) is 0 Å². The number of hydrogen-bond donors (Lipinski definition) is 1. The molecule has 1 heterocycles. The number of carbonyl (C=O) groups excluding carboxylic acids is 1. The summed E-state index contributed by atoms with van der Waals surface area (Å²) in [7, 11) is 0. The Morgan fingerprint density at radius 1 is 1.58 bits per heavy atom. The van der Waals surface area contributed by atoms with E-state index in [0.717, 1.165) is 25.9 Å². The van der Waals surface area contributed by atoms with Crippen molar-refractivity contribution in [1.82, 2.24) is 10.2 Å². The van der Waals surface area contributed by atoms with Crippen molar-refractivity contribution in [3.05, 3.63) is 34.1 Å². The molecular weight excluding hydrogens is 311 g/mol. The topological polar surface area (TPSA) is 32.3 Å². The first-order valence-corrected chi connectivity index (χ1v) is 7.39. The molecule has 104 valence electrons. The van der Waals surface area contributed by atoms with Gasteiger partial charge in [-0.2, -0.15) is 0 Å². The molecule has 1 amide bonds. The molecule has 0 aliphatic carbocycles. The Bertz CT molecular complexity index is 447. The molecule has 3 nitrogen and oxygen atoms in total. The molecule has 1 unspecified atom stereocenters. The summed E-state index contributed by atoms with van der Waals surface area (Å²) in [5.74, 6) is -0.849. The van der Waals surface area contributed by atoms with Gasteiger partial charge in [0.1, 0.15) is 5.82 Å². The van der Waals surface area contributed by atoms with Gasteiger partial charge in [-0.05, 0) is 54.0 Å². The molecule has 0 bridgehead atoms. The Labute approximate surface area is 121 Å². The highest BCUT2D eigenvalue weighted by atomic mass is 79.9. The summed E-state index contributed by atoms with van der Waals surface area (Å²) in [5.41, 5.74) is 0.0866. The van der Waals surface area contributed by atoms with Crippen molar-refractivity contribution in [1.29, 1.82) is 0 Å². The molecule has 1 atom stereocenters. The van der Waals surface area contributed by atoms with Crippen LogP contribution in [0.25, 0.3) is 0 Å². The van der Waals surface area contributed by atoms with Gasteiger partial charge in [-0.1, -0.05) is 13.0 Å². The lowest BCUT2D eigenvalue weighted by atomic mass is 10.1. The van der Waals surface area contributed by atoms with Crippen molar-refractivity contribution in [2.45, 2.75) is 25.8 Å². The van der Waals surface area contributed by atoms with Crippen LogP contribution in [-0.4, -0.2) is 36.5 Å². The van der Waals surface area contributed by atoms with Crippen molar-refractivity contribution < 1.29 is 9.18 Å². The number of carbonyl (C=O) groups is 1. The van der Waals surface area contributed by atoms with E-state index in [0.29, 0.717) is 17.1 Å². The summed E-state index contributed by atoms with van der Waals surface area (Å²) in [6, 6.07) is 4.92. The molecule has 1 aliphatic heterocycles. The lowest BCUT2D eigenvalue weighted by Crippen LogP contribution is -2.40. The van der Waals surface area contributed by atoms with Crippen molar-refractivity contribution in [2.24, 2.45) is 0 Å². The summed E-state index contributed by atoms with van der Waals surface area (Å²) in [4.78, 5) is 14.4. The Morgan fingerprint density at radius 2 is 2.37 bits per heavy atom. The lowest BCUT2D eigenvalue weighted by Gasteiger charge is -2.23. The van der Waals surface area contributed by atoms with Crippen molar-refractivity contribution in [2.75, 3.05) is 19.6 Å². The molecule has 0 spiro atoms. The van der Waals surface area contributed by atoms with Gasteiger partial charge in [0.05, 0.1) is 5.56 Å². The number of nitrogens with one attached hydrogen (secondary N) is 1. The monoisotopic (exact) mass is 328 g/mol. The highest BCUT2D eigenvalue weighted by Crippen LogP contribution is 2.20. The number of nitrogens with zero attached hydrogens (tertiary/aromatic N) is 1. The summed E-state index contributed by atoms with van der Waals surface area (Å²) < 4.78 is 14.1. The van der Waals surface area contributed by atoms with E-state index in [4.69, 9.17) is 0 Å². The molecule has 1 fully saturated rings. The van der Waals surface area contributed by atoms with Crippen molar-refractivity contribution in [3.8, 4) is 0 Å². The van der Waals surface area contributed by atoms with E-state index in [-0.39, 0.29) is 11.5 Å². The van der Waals surface area contributed by atoms with Gasteiger partial charge in [0.25, 0.3) is 5.91 Å². The highest BCUT2D eigenvalue weighted by Gasteiger charge is 2.24. The number of likely N-dealkylation sites (N-methyl/N-ethyl adjacent to an activating group) is 1. The molecule has 19 heavy (non-hydrogen) atoms. The molecule has 1 aromatic rings. The first kappa shape index (κ1) is 14.5. The van der Waals surface area contributed by atoms with Crippen LogP contribution in [0.3, 0.4) is 0 Å². The minimum absolute atomic E-state index is 0.0866. The van der Waals surface area contributed by atoms with Crippen LogP contribution in [0.15, 0.2) is 22.7 Å². The fraction of sp³-hybridized carbons (Fsp3) is 0.500. The fourth-order valence-corrected chi connectivity index (χ4v) is 3.08. The third kappa shape index (κ3) is 3.34. The number of halogens is 2. The zero-order valence-corrected chi connectivity index (χ0v) is 12.5. The number of amides is 1. The molecule has 1 aliphatic rings. The molecular formula is C14H18BrFN2O. The quantitative estimate of drug-likeness (QED) is 0.921. The molecule has 1 saturated heterocycles. The normalized spacial score (nSPS) is 19.6. The fourth-order valence-electron chi connectivity index (χ4n) is 2.56. The first-order valence-electron chi connectivity index (χ1n) is 6.59. The van der Waals surface area contributed by atoms with Crippen molar-refractivity contribution >= 4 is 21.8 Å². The second kappa shape index (κ2) is 6.48. The predicted octanol–water partition coefficient (Wildman–Crippen LogP) is 2.80. The molecule has 0 aromatic heterocycles. The van der Waals surface area contributed by atoms with E-state index in [1.54, 1.807) is 12.1 Å². The smallest absolute Gasteiger partial charge is 0.255 e. The largest absolute Gasteiger partial charge is 0.350 e. The van der Waals surface area contributed by atoms with Gasteiger partial charge in [0, 0.05) is 17.1 Å². The van der Waals surface area contributed by atoms with Gasteiger partial charge in [-0.3, -0.25) is 9.69 Å². The maximum absolute atomic E-state index is 13.6. The van der Waals surface area contributed by atoms with Crippen LogP contribution in [0.5, 0.6) is 0 Å². The number of rotatable bonds is 4. The maximum Gasteiger partial charge on any atom is 0.255 e. The van der Waals surface area contributed by atoms with Crippen LogP contribution in [0.2, 0.25) is 0 Å². The van der Waals surface area contributed by atoms with E-state index in [1.165, 1.54) is 6.07 Å². The van der Waals surface area contributed by atoms with Crippen molar-refractivity contribution in [3.63, 3.8) is 0 Å². The molecule has 0 saturated carbocycles. The first-order chi connectivity index (χ1) is 9.13. The standard InChI is InChI=1S/C14H18BrFN2O/c1-2-18-8-4-5-10(18)9-17-14(19)13-11(15)6-3-7-12(13)16/h3,6-7,10H,2,4-5,8-9H2,1H3,(H,17,19). The minimum Gasteiger partial charge on any atom is -0.350 e. The zero-order chi connectivity index (χ0) is 13.8. The Hall–Kier alpha value is -0.940. The summed E-state index contributed by atoms with van der Waals surface area (Å²) in [6.45, 7) is 4.77. The average Bonchev–Trinajstić information content (AvgIpc) is 2.83. The van der Waals surface area contributed by atoms with E-state index < -0.39 is 5.82 Å². The van der Waals surface area contributed by atoms with Crippen LogP contribution in [0.1, 0.15) is 30.1 Å². The Morgan fingerprint density at radius 3 is 3.05 bits per heavy atom. The van der Waals surface area contributed by atoms with Crippen LogP contribution in [0.4, 0.5) is 4.39 Å². The molecule has 0 radical (unpaired) electrons. The van der Waals surface area contributed by atoms with E-state index in [2.05, 4.69) is 33.1 Å². The van der Waals surface area contributed by atoms with Crippen LogP contribution in [0, 0.1) is 5.82 Å². The van der Waals surface area contributed by atoms with E-state index in [9.17, 15) is 9.18 Å². The van der Waals surface area contributed by atoms with Gasteiger partial charge >= 0.3 is 0 Å². The zero-order valence-electron chi connectivity index (χ0n) is 11.0. The van der Waals surface area contributed by atoms with Gasteiger partial charge in [-0.25, -0.2) is 4.39 Å². The third-order valence-corrected chi connectivity index (χ3v) is 4.25. The average molecular weight is 329 g/mol. The van der Waals surface area contributed by atoms with Crippen LogP contribution < -0.4 is 5.32 Å². The SMILES string of the molecule is CCN1CCCC1CNC(=O)c1c(F)cccc1Br. The number of likely N-dealkylation sites (tertiary alicyclic amines) is 1. The maximum atomic E-state index is 13.6. The minimum atomic E-state index is -0.495. The van der Waals surface area contributed by atoms with Crippen LogP contribution >= 0.6 is 15.9 Å². The Kier molecular flexibility index (Phi) is 4.93. The second-order valence-corrected chi connectivity index (χ2v) is 5.59. The third-order valence-electron chi connectivity index (χ3n) is 3.59.